The quantitative estimate of drug-likeness (QED) is 0.635. The van der Waals surface area contributed by atoms with Crippen molar-refractivity contribution in [3.63, 3.8) is 0 Å². The molecule has 2 aromatic rings. The summed E-state index contributed by atoms with van der Waals surface area (Å²) in [4.78, 5) is 0. The molecule has 0 spiro atoms. The summed E-state index contributed by atoms with van der Waals surface area (Å²) >= 11 is 0. The van der Waals surface area contributed by atoms with Gasteiger partial charge in [-0.2, -0.15) is 0 Å². The molecule has 2 aromatic carbocycles. The lowest BCUT2D eigenvalue weighted by Gasteiger charge is -2.10. The van der Waals surface area contributed by atoms with Crippen LogP contribution < -0.4 is 5.30 Å². The summed E-state index contributed by atoms with van der Waals surface area (Å²) in [5.41, 5.74) is 2.97. The lowest BCUT2D eigenvalue weighted by molar-refractivity contribution is 0.522. The van der Waals surface area contributed by atoms with Crippen LogP contribution in [0.1, 0.15) is 37.8 Å². The van der Waals surface area contributed by atoms with Crippen LogP contribution in [0.3, 0.4) is 0 Å². The topological polar surface area (TPSA) is 0 Å². The summed E-state index contributed by atoms with van der Waals surface area (Å²) in [5, 5.41) is 1.51. The molecular weight excluding hydrogens is 259 g/mol. The molecule has 2 rings (SSSR count). The van der Waals surface area contributed by atoms with Crippen LogP contribution in [0.15, 0.2) is 54.6 Å². The van der Waals surface area contributed by atoms with Gasteiger partial charge < -0.3 is 0 Å². The Morgan fingerprint density at radius 2 is 1.55 bits per heavy atom. The van der Waals surface area contributed by atoms with E-state index >= 15 is 0 Å². The third-order valence-electron chi connectivity index (χ3n) is 3.76. The lowest BCUT2D eigenvalue weighted by atomic mass is 9.96. The van der Waals surface area contributed by atoms with Crippen molar-refractivity contribution in [3.8, 4) is 0 Å². The van der Waals surface area contributed by atoms with Crippen LogP contribution in [0.25, 0.3) is 0 Å². The predicted octanol–water partition coefficient (Wildman–Crippen LogP) is 4.90. The van der Waals surface area contributed by atoms with E-state index in [2.05, 4.69) is 68.4 Å². The van der Waals surface area contributed by atoms with Crippen molar-refractivity contribution in [3.05, 3.63) is 65.7 Å². The van der Waals surface area contributed by atoms with Crippen molar-refractivity contribution in [1.29, 1.82) is 0 Å². The van der Waals surface area contributed by atoms with Gasteiger partial charge in [0.1, 0.15) is 0 Å². The van der Waals surface area contributed by atoms with Crippen molar-refractivity contribution in [2.24, 2.45) is 5.92 Å². The Labute approximate surface area is 125 Å². The molecule has 106 valence electrons. The largest absolute Gasteiger partial charge is 0.0893 e. The smallest absolute Gasteiger partial charge is 0.0654 e. The highest BCUT2D eigenvalue weighted by atomic mass is 31.1. The van der Waals surface area contributed by atoms with Gasteiger partial charge in [0, 0.05) is 8.58 Å². The molecule has 0 nitrogen and oxygen atoms in total. The molecule has 2 unspecified atom stereocenters. The van der Waals surface area contributed by atoms with Gasteiger partial charge in [-0.05, 0) is 35.6 Å². The summed E-state index contributed by atoms with van der Waals surface area (Å²) in [6.45, 7) is 4.63. The van der Waals surface area contributed by atoms with Gasteiger partial charge in [-0.25, -0.2) is 0 Å². The van der Waals surface area contributed by atoms with Crippen LogP contribution >= 0.6 is 8.58 Å². The Balaban J connectivity index is 1.85. The van der Waals surface area contributed by atoms with Crippen LogP contribution in [0.4, 0.5) is 0 Å². The molecule has 0 aliphatic rings. The van der Waals surface area contributed by atoms with Gasteiger partial charge in [-0.3, -0.25) is 0 Å². The summed E-state index contributed by atoms with van der Waals surface area (Å²) in [5.74, 6) is 0.806. The van der Waals surface area contributed by atoms with Gasteiger partial charge in [0.25, 0.3) is 0 Å². The van der Waals surface area contributed by atoms with E-state index in [1.54, 1.807) is 0 Å². The fourth-order valence-corrected chi connectivity index (χ4v) is 3.87. The fraction of sp³-hybridized carbons (Fsp3) is 0.368. The number of hydrogen-bond acceptors (Lipinski definition) is 0. The summed E-state index contributed by atoms with van der Waals surface area (Å²) in [7, 11) is 0.361. The van der Waals surface area contributed by atoms with Crippen molar-refractivity contribution in [2.75, 3.05) is 0 Å². The molecule has 0 bridgehead atoms. The molecular formula is C19H26P+. The summed E-state index contributed by atoms with van der Waals surface area (Å²) in [6.07, 6.45) is 5.06. The van der Waals surface area contributed by atoms with Gasteiger partial charge in [0.05, 0.1) is 11.5 Å². The number of rotatable bonds is 7. The molecule has 0 amide bonds. The van der Waals surface area contributed by atoms with E-state index in [9.17, 15) is 0 Å². The molecule has 0 fully saturated rings. The molecule has 0 saturated heterocycles. The van der Waals surface area contributed by atoms with E-state index in [4.69, 9.17) is 0 Å². The summed E-state index contributed by atoms with van der Waals surface area (Å²) in [6, 6.07) is 20.2. The number of benzene rings is 2. The van der Waals surface area contributed by atoms with Crippen molar-refractivity contribution < 1.29 is 0 Å². The van der Waals surface area contributed by atoms with Gasteiger partial charge in [-0.1, -0.05) is 69.2 Å². The van der Waals surface area contributed by atoms with Crippen molar-refractivity contribution >= 4 is 13.9 Å². The van der Waals surface area contributed by atoms with E-state index in [1.165, 1.54) is 41.9 Å². The average molecular weight is 285 g/mol. The van der Waals surface area contributed by atoms with Crippen molar-refractivity contribution in [1.82, 2.24) is 0 Å². The first-order valence-corrected chi connectivity index (χ1v) is 9.13. The van der Waals surface area contributed by atoms with E-state index in [0.29, 0.717) is 8.58 Å². The Morgan fingerprint density at radius 3 is 2.20 bits per heavy atom. The zero-order valence-electron chi connectivity index (χ0n) is 12.7. The minimum atomic E-state index is 0.361. The van der Waals surface area contributed by atoms with Gasteiger partial charge >= 0.3 is 0 Å². The maximum Gasteiger partial charge on any atom is 0.0893 e. The first kappa shape index (κ1) is 15.3. The molecule has 0 aromatic heterocycles. The number of hydrogen-bond donors (Lipinski definition) is 0. The highest BCUT2D eigenvalue weighted by Gasteiger charge is 2.04. The highest BCUT2D eigenvalue weighted by Crippen LogP contribution is 2.20. The van der Waals surface area contributed by atoms with Crippen LogP contribution in [0, 0.1) is 5.92 Å². The van der Waals surface area contributed by atoms with E-state index < -0.39 is 0 Å². The second-order valence-corrected chi connectivity index (χ2v) is 7.22. The second-order valence-electron chi connectivity index (χ2n) is 5.73. The van der Waals surface area contributed by atoms with Crippen LogP contribution in [0.5, 0.6) is 0 Å². The van der Waals surface area contributed by atoms with Crippen molar-refractivity contribution in [2.45, 2.75) is 39.3 Å². The third kappa shape index (κ3) is 5.10. The standard InChI is InChI=1S/C19H25P/c1-3-7-16(2)14-17-10-12-18(13-11-17)15-20-19-8-5-4-6-9-19/h4-6,8-13,16,20H,3,7,14-15H2,1-2H3/p+1. The zero-order valence-corrected chi connectivity index (χ0v) is 13.8. The van der Waals surface area contributed by atoms with E-state index in [1.807, 2.05) is 0 Å². The third-order valence-corrected chi connectivity index (χ3v) is 5.29. The normalized spacial score (nSPS) is 12.9. The first-order valence-electron chi connectivity index (χ1n) is 7.74. The minimum absolute atomic E-state index is 0.361. The maximum absolute atomic E-state index is 2.36. The second kappa shape index (κ2) is 8.22. The van der Waals surface area contributed by atoms with Gasteiger partial charge in [0.2, 0.25) is 0 Å². The van der Waals surface area contributed by atoms with Crippen LogP contribution in [-0.2, 0) is 12.6 Å². The first-order chi connectivity index (χ1) is 9.78. The van der Waals surface area contributed by atoms with Crippen LogP contribution in [-0.4, -0.2) is 0 Å². The molecule has 0 radical (unpaired) electrons. The van der Waals surface area contributed by atoms with E-state index in [0.717, 1.165) is 5.92 Å². The molecule has 1 heteroatoms. The van der Waals surface area contributed by atoms with Gasteiger partial charge in [0.15, 0.2) is 0 Å². The highest BCUT2D eigenvalue weighted by molar-refractivity contribution is 7.46. The maximum atomic E-state index is 2.36. The lowest BCUT2D eigenvalue weighted by Crippen LogP contribution is -1.99. The average Bonchev–Trinajstić information content (AvgIpc) is 2.48. The Hall–Kier alpha value is -1.13. The Morgan fingerprint density at radius 1 is 0.900 bits per heavy atom. The van der Waals surface area contributed by atoms with E-state index in [-0.39, 0.29) is 0 Å². The SMILES string of the molecule is CCCC(C)Cc1ccc(C[PH2+]c2ccccc2)cc1. The zero-order chi connectivity index (χ0) is 14.2. The molecule has 0 N–H and O–H groups in total. The monoisotopic (exact) mass is 285 g/mol. The summed E-state index contributed by atoms with van der Waals surface area (Å²) < 4.78 is 0. The molecule has 0 aliphatic heterocycles. The molecule has 20 heavy (non-hydrogen) atoms. The Bertz CT molecular complexity index is 487. The molecule has 0 saturated carbocycles. The predicted molar refractivity (Wildman–Crippen MR) is 93.7 cm³/mol. The Kier molecular flexibility index (Phi) is 6.27. The molecule has 2 atom stereocenters. The van der Waals surface area contributed by atoms with Gasteiger partial charge in [-0.15, -0.1) is 0 Å². The molecule has 0 aliphatic carbocycles. The fourth-order valence-electron chi connectivity index (χ4n) is 2.63. The molecule has 0 heterocycles. The van der Waals surface area contributed by atoms with Crippen LogP contribution in [0.2, 0.25) is 0 Å². The minimum Gasteiger partial charge on any atom is -0.0654 e.